The lowest BCUT2D eigenvalue weighted by Gasteiger charge is -2.36. The number of carbonyl (C=O) groups is 1. The molecule has 0 radical (unpaired) electrons. The normalized spacial score (nSPS) is 14.1. The molecule has 0 fully saturated rings. The first kappa shape index (κ1) is 25.2. The van der Waals surface area contributed by atoms with Gasteiger partial charge in [0.25, 0.3) is 0 Å². The molecule has 3 aromatic rings. The van der Waals surface area contributed by atoms with Crippen molar-refractivity contribution in [3.8, 4) is 5.75 Å². The van der Waals surface area contributed by atoms with Gasteiger partial charge in [0.1, 0.15) is 11.3 Å². The van der Waals surface area contributed by atoms with E-state index in [0.717, 1.165) is 6.07 Å². The van der Waals surface area contributed by atoms with Gasteiger partial charge in [0, 0.05) is 5.39 Å². The van der Waals surface area contributed by atoms with Gasteiger partial charge in [-0.05, 0) is 11.5 Å². The molecule has 0 amide bonds. The summed E-state index contributed by atoms with van der Waals surface area (Å²) in [7, 11) is 0. The van der Waals surface area contributed by atoms with E-state index in [4.69, 9.17) is 0 Å². The molecule has 1 N–H and O–H groups in total. The average molecular weight is 508 g/mol. The van der Waals surface area contributed by atoms with Gasteiger partial charge in [-0.1, -0.05) is 30.3 Å². The highest BCUT2D eigenvalue weighted by Gasteiger charge is 2.88. The lowest BCUT2D eigenvalue weighted by molar-refractivity contribution is -0.415. The van der Waals surface area contributed by atoms with Crippen molar-refractivity contribution in [1.82, 2.24) is 0 Å². The van der Waals surface area contributed by atoms with Crippen LogP contribution in [-0.4, -0.2) is 40.8 Å². The van der Waals surface area contributed by atoms with Crippen molar-refractivity contribution < 1.29 is 62.6 Å². The fourth-order valence-corrected chi connectivity index (χ4v) is 2.99. The molecule has 0 aliphatic carbocycles. The van der Waals surface area contributed by atoms with Gasteiger partial charge in [-0.25, -0.2) is 4.79 Å². The third-order valence-corrected chi connectivity index (χ3v) is 4.82. The number of hydrogen-bond donors (Lipinski definition) is 1. The fourth-order valence-electron chi connectivity index (χ4n) is 2.99. The summed E-state index contributed by atoms with van der Waals surface area (Å²) in [5.41, 5.74) is -5.19. The lowest BCUT2D eigenvalue weighted by atomic mass is 9.92. The van der Waals surface area contributed by atoms with Crippen LogP contribution in [0.4, 0.5) is 48.3 Å². The average Bonchev–Trinajstić information content (AvgIpc) is 2.72. The number of carbonyl (C=O) groups excluding carboxylic acids is 1. The molecule has 0 bridgehead atoms. The van der Waals surface area contributed by atoms with Crippen LogP contribution in [0.2, 0.25) is 0 Å². The standard InChI is InChI=1S/C19H7F11O4/c20-15(21,16(22,23)17(24,25)18(26,27)19(28,29)30)13(32)10-11(31)9-6-5-7-3-1-2-4-8(7)12(9)34-14(10)33/h1-6,31H. The Labute approximate surface area is 179 Å². The molecule has 0 unspecified atom stereocenters. The summed E-state index contributed by atoms with van der Waals surface area (Å²) in [6.45, 7) is 0. The molecular formula is C19H7F11O4. The quantitative estimate of drug-likeness (QED) is 0.201. The highest BCUT2D eigenvalue weighted by molar-refractivity contribution is 6.11. The summed E-state index contributed by atoms with van der Waals surface area (Å²) < 4.78 is 150. The third-order valence-electron chi connectivity index (χ3n) is 4.82. The molecule has 1 aromatic heterocycles. The van der Waals surface area contributed by atoms with E-state index >= 15 is 0 Å². The van der Waals surface area contributed by atoms with Crippen molar-refractivity contribution in [2.24, 2.45) is 0 Å². The van der Waals surface area contributed by atoms with Crippen LogP contribution < -0.4 is 5.63 Å². The van der Waals surface area contributed by atoms with Crippen molar-refractivity contribution in [1.29, 1.82) is 0 Å². The molecule has 0 aliphatic rings. The van der Waals surface area contributed by atoms with E-state index in [1.807, 2.05) is 0 Å². The first-order chi connectivity index (χ1) is 15.3. The van der Waals surface area contributed by atoms with E-state index in [1.54, 1.807) is 0 Å². The molecule has 15 heteroatoms. The summed E-state index contributed by atoms with van der Waals surface area (Å²) in [6, 6.07) is 7.65. The maximum atomic E-state index is 14.1. The van der Waals surface area contributed by atoms with Gasteiger partial charge in [-0.3, -0.25) is 4.79 Å². The van der Waals surface area contributed by atoms with E-state index in [-0.39, 0.29) is 5.39 Å². The second-order valence-corrected chi connectivity index (χ2v) is 6.90. The van der Waals surface area contributed by atoms with Crippen molar-refractivity contribution in [2.45, 2.75) is 29.9 Å². The maximum absolute atomic E-state index is 14.1. The molecule has 0 aliphatic heterocycles. The van der Waals surface area contributed by atoms with Gasteiger partial charge in [0.05, 0.1) is 5.39 Å². The highest BCUT2D eigenvalue weighted by atomic mass is 19.4. The van der Waals surface area contributed by atoms with Gasteiger partial charge >= 0.3 is 35.5 Å². The zero-order valence-electron chi connectivity index (χ0n) is 15.8. The third kappa shape index (κ3) is 3.20. The predicted octanol–water partition coefficient (Wildman–Crippen LogP) is 5.94. The molecule has 0 saturated heterocycles. The molecule has 184 valence electrons. The molecule has 3 rings (SSSR count). The molecule has 0 spiro atoms. The van der Waals surface area contributed by atoms with E-state index in [2.05, 4.69) is 4.42 Å². The molecule has 4 nitrogen and oxygen atoms in total. The molecule has 0 saturated carbocycles. The van der Waals surface area contributed by atoms with Crippen LogP contribution in [0.5, 0.6) is 5.75 Å². The second kappa shape index (κ2) is 7.30. The van der Waals surface area contributed by atoms with Crippen LogP contribution in [-0.2, 0) is 0 Å². The van der Waals surface area contributed by atoms with E-state index in [9.17, 15) is 63.0 Å². The minimum atomic E-state index is -7.86. The van der Waals surface area contributed by atoms with Gasteiger partial charge in [-0.2, -0.15) is 48.3 Å². The minimum Gasteiger partial charge on any atom is -0.506 e. The summed E-state index contributed by atoms with van der Waals surface area (Å²) in [5, 5.41) is 9.76. The monoisotopic (exact) mass is 508 g/mol. The summed E-state index contributed by atoms with van der Waals surface area (Å²) >= 11 is 0. The number of benzene rings is 2. The van der Waals surface area contributed by atoms with E-state index in [1.165, 1.54) is 30.3 Å². The zero-order chi connectivity index (χ0) is 26.1. The molecule has 34 heavy (non-hydrogen) atoms. The fraction of sp³-hybridized carbons (Fsp3) is 0.263. The Bertz CT molecular complexity index is 1360. The predicted molar refractivity (Wildman–Crippen MR) is 91.8 cm³/mol. The van der Waals surface area contributed by atoms with Crippen LogP contribution in [0, 0.1) is 0 Å². The first-order valence-electron chi connectivity index (χ1n) is 8.61. The number of fused-ring (bicyclic) bond motifs is 3. The zero-order valence-corrected chi connectivity index (χ0v) is 15.8. The first-order valence-corrected chi connectivity index (χ1v) is 8.61. The number of aromatic hydroxyl groups is 1. The number of alkyl halides is 11. The number of rotatable bonds is 5. The van der Waals surface area contributed by atoms with Gasteiger partial charge in [0.2, 0.25) is 5.78 Å². The summed E-state index contributed by atoms with van der Waals surface area (Å²) in [6.07, 6.45) is -7.43. The van der Waals surface area contributed by atoms with E-state index in [0.29, 0.717) is 5.39 Å². The summed E-state index contributed by atoms with van der Waals surface area (Å²) in [5.74, 6) is -35.8. The van der Waals surface area contributed by atoms with Crippen LogP contribution in [0.25, 0.3) is 21.7 Å². The largest absolute Gasteiger partial charge is 0.506 e. The van der Waals surface area contributed by atoms with Gasteiger partial charge < -0.3 is 9.52 Å². The van der Waals surface area contributed by atoms with Crippen LogP contribution >= 0.6 is 0 Å². The topological polar surface area (TPSA) is 67.5 Å². The van der Waals surface area contributed by atoms with Crippen LogP contribution in [0.1, 0.15) is 10.4 Å². The summed E-state index contributed by atoms with van der Waals surface area (Å²) in [4.78, 5) is 24.1. The van der Waals surface area contributed by atoms with Crippen molar-refractivity contribution in [2.75, 3.05) is 0 Å². The van der Waals surface area contributed by atoms with Crippen molar-refractivity contribution >= 4 is 27.5 Å². The molecule has 2 aromatic carbocycles. The minimum absolute atomic E-state index is 0.0415. The van der Waals surface area contributed by atoms with Gasteiger partial charge in [0.15, 0.2) is 5.56 Å². The van der Waals surface area contributed by atoms with Crippen LogP contribution in [0.15, 0.2) is 45.6 Å². The Morgan fingerprint density at radius 3 is 1.85 bits per heavy atom. The Morgan fingerprint density at radius 1 is 0.735 bits per heavy atom. The smallest absolute Gasteiger partial charge is 0.460 e. The maximum Gasteiger partial charge on any atom is 0.460 e. The molecule has 1 heterocycles. The number of ketones is 1. The van der Waals surface area contributed by atoms with Crippen molar-refractivity contribution in [3.63, 3.8) is 0 Å². The Morgan fingerprint density at radius 2 is 1.29 bits per heavy atom. The van der Waals surface area contributed by atoms with Crippen LogP contribution in [0.3, 0.4) is 0 Å². The molecular weight excluding hydrogens is 501 g/mol. The molecule has 0 atom stereocenters. The highest BCUT2D eigenvalue weighted by Crippen LogP contribution is 2.58. The SMILES string of the molecule is O=C(c1c(O)c2ccc3ccccc3c2oc1=O)C(F)(F)C(F)(F)C(F)(F)C(F)(F)C(F)(F)F. The number of Topliss-reactive ketones (excluding diaryl/α,β-unsaturated/α-hetero) is 1. The van der Waals surface area contributed by atoms with E-state index < -0.39 is 63.6 Å². The van der Waals surface area contributed by atoms with Crippen molar-refractivity contribution in [3.05, 3.63) is 52.4 Å². The number of hydrogen-bond acceptors (Lipinski definition) is 4. The lowest BCUT2D eigenvalue weighted by Crippen LogP contribution is -2.68. The number of halogens is 11. The second-order valence-electron chi connectivity index (χ2n) is 6.90. The van der Waals surface area contributed by atoms with Gasteiger partial charge in [-0.15, -0.1) is 0 Å². The Hall–Kier alpha value is -3.39. The Balaban J connectivity index is 2.23. The Kier molecular flexibility index (Phi) is 5.42.